The van der Waals surface area contributed by atoms with Gasteiger partial charge in [-0.3, -0.25) is 4.79 Å². The van der Waals surface area contributed by atoms with E-state index in [0.29, 0.717) is 5.69 Å². The van der Waals surface area contributed by atoms with Crippen molar-refractivity contribution >= 4 is 33.2 Å². The highest BCUT2D eigenvalue weighted by Gasteiger charge is 2.06. The van der Waals surface area contributed by atoms with Gasteiger partial charge in [0, 0.05) is 10.2 Å². The minimum atomic E-state index is -0.565. The number of benzene rings is 2. The Morgan fingerprint density at radius 1 is 1.29 bits per heavy atom. The van der Waals surface area contributed by atoms with Gasteiger partial charge in [-0.1, -0.05) is 22.0 Å². The molecule has 6 heteroatoms. The molecule has 0 saturated heterocycles. The van der Waals surface area contributed by atoms with Crippen LogP contribution in [0.3, 0.4) is 0 Å². The molecule has 1 amide bonds. The average molecular weight is 348 g/mol. The normalized spacial score (nSPS) is 9.76. The number of anilines is 2. The van der Waals surface area contributed by atoms with Crippen molar-refractivity contribution in [1.82, 2.24) is 0 Å². The summed E-state index contributed by atoms with van der Waals surface area (Å²) in [5, 5.41) is 14.0. The molecular weight excluding hydrogens is 337 g/mol. The smallest absolute Gasteiger partial charge is 0.243 e. The number of nitrogens with one attached hydrogen (secondary N) is 2. The van der Waals surface area contributed by atoms with Crippen LogP contribution in [0.2, 0.25) is 0 Å². The number of amides is 1. The first-order valence-electron chi connectivity index (χ1n) is 6.07. The van der Waals surface area contributed by atoms with Crippen molar-refractivity contribution in [2.75, 3.05) is 17.2 Å². The summed E-state index contributed by atoms with van der Waals surface area (Å²) in [7, 11) is 0. The molecule has 0 saturated carbocycles. The van der Waals surface area contributed by atoms with Crippen LogP contribution >= 0.6 is 15.9 Å². The van der Waals surface area contributed by atoms with Crippen LogP contribution in [0.1, 0.15) is 5.56 Å². The van der Waals surface area contributed by atoms with Gasteiger partial charge in [0.05, 0.1) is 23.9 Å². The summed E-state index contributed by atoms with van der Waals surface area (Å²) in [5.41, 5.74) is 1.06. The largest absolute Gasteiger partial charge is 0.374 e. The number of nitrogens with zero attached hydrogens (tertiary/aromatic N) is 1. The maximum Gasteiger partial charge on any atom is 0.243 e. The SMILES string of the molecule is N#Cc1ccc(NCC(=O)Nc2cccc(Br)c2)c(F)c1. The Kier molecular flexibility index (Phi) is 4.90. The summed E-state index contributed by atoms with van der Waals surface area (Å²) >= 11 is 3.31. The van der Waals surface area contributed by atoms with E-state index in [9.17, 15) is 9.18 Å². The number of carbonyl (C=O) groups excluding carboxylic acids is 1. The van der Waals surface area contributed by atoms with Crippen molar-refractivity contribution in [3.63, 3.8) is 0 Å². The lowest BCUT2D eigenvalue weighted by atomic mass is 10.2. The lowest BCUT2D eigenvalue weighted by Gasteiger charge is -2.09. The van der Waals surface area contributed by atoms with Gasteiger partial charge in [0.2, 0.25) is 5.91 Å². The van der Waals surface area contributed by atoms with Gasteiger partial charge in [0.25, 0.3) is 0 Å². The summed E-state index contributed by atoms with van der Waals surface area (Å²) in [6, 6.07) is 13.0. The number of hydrogen-bond donors (Lipinski definition) is 2. The predicted molar refractivity (Wildman–Crippen MR) is 82.4 cm³/mol. The van der Waals surface area contributed by atoms with Crippen LogP contribution in [-0.4, -0.2) is 12.5 Å². The molecule has 0 aliphatic heterocycles. The minimum absolute atomic E-state index is 0.0741. The van der Waals surface area contributed by atoms with Gasteiger partial charge in [0.1, 0.15) is 5.82 Å². The average Bonchev–Trinajstić information content (AvgIpc) is 2.46. The highest BCUT2D eigenvalue weighted by Crippen LogP contribution is 2.17. The Morgan fingerprint density at radius 2 is 2.10 bits per heavy atom. The van der Waals surface area contributed by atoms with Crippen LogP contribution in [0, 0.1) is 17.1 Å². The van der Waals surface area contributed by atoms with Crippen LogP contribution in [0.4, 0.5) is 15.8 Å². The van der Waals surface area contributed by atoms with Crippen molar-refractivity contribution in [1.29, 1.82) is 5.26 Å². The lowest BCUT2D eigenvalue weighted by molar-refractivity contribution is -0.114. The fraction of sp³-hybridized carbons (Fsp3) is 0.0667. The van der Waals surface area contributed by atoms with Crippen molar-refractivity contribution < 1.29 is 9.18 Å². The molecule has 0 atom stereocenters. The standard InChI is InChI=1S/C15H11BrFN3O/c16-11-2-1-3-12(7-11)20-15(21)9-19-14-5-4-10(8-18)6-13(14)17/h1-7,19H,9H2,(H,20,21). The Labute approximate surface area is 129 Å². The molecule has 0 spiro atoms. The van der Waals surface area contributed by atoms with E-state index in [4.69, 9.17) is 5.26 Å². The Bertz CT molecular complexity index is 712. The van der Waals surface area contributed by atoms with E-state index >= 15 is 0 Å². The van der Waals surface area contributed by atoms with Gasteiger partial charge in [-0.2, -0.15) is 5.26 Å². The molecule has 0 aliphatic carbocycles. The molecule has 2 rings (SSSR count). The van der Waals surface area contributed by atoms with E-state index in [0.717, 1.165) is 10.5 Å². The van der Waals surface area contributed by atoms with Gasteiger partial charge < -0.3 is 10.6 Å². The second-order valence-electron chi connectivity index (χ2n) is 4.22. The molecule has 0 aliphatic rings. The molecule has 0 heterocycles. The number of hydrogen-bond acceptors (Lipinski definition) is 3. The molecule has 2 aromatic rings. The highest BCUT2D eigenvalue weighted by molar-refractivity contribution is 9.10. The second-order valence-corrected chi connectivity index (χ2v) is 5.13. The van der Waals surface area contributed by atoms with Crippen molar-refractivity contribution in [2.24, 2.45) is 0 Å². The molecule has 2 N–H and O–H groups in total. The highest BCUT2D eigenvalue weighted by atomic mass is 79.9. The van der Waals surface area contributed by atoms with Crippen LogP contribution in [0.5, 0.6) is 0 Å². The Hall–Kier alpha value is -2.39. The molecule has 106 valence electrons. The maximum absolute atomic E-state index is 13.6. The predicted octanol–water partition coefficient (Wildman–Crippen LogP) is 3.51. The third-order valence-corrected chi connectivity index (χ3v) is 3.14. The third-order valence-electron chi connectivity index (χ3n) is 2.65. The van der Waals surface area contributed by atoms with Crippen molar-refractivity contribution in [3.05, 3.63) is 58.3 Å². The molecular formula is C15H11BrFN3O. The molecule has 0 aromatic heterocycles. The van der Waals surface area contributed by atoms with Gasteiger partial charge in [-0.15, -0.1) is 0 Å². The van der Waals surface area contributed by atoms with Crippen molar-refractivity contribution in [2.45, 2.75) is 0 Å². The minimum Gasteiger partial charge on any atom is -0.374 e. The summed E-state index contributed by atoms with van der Waals surface area (Å²) in [4.78, 5) is 11.8. The van der Waals surface area contributed by atoms with Crippen LogP contribution in [0.15, 0.2) is 46.9 Å². The van der Waals surface area contributed by atoms with E-state index in [2.05, 4.69) is 26.6 Å². The summed E-state index contributed by atoms with van der Waals surface area (Å²) in [5.74, 6) is -0.860. The van der Waals surface area contributed by atoms with Crippen molar-refractivity contribution in [3.8, 4) is 6.07 Å². The van der Waals surface area contributed by atoms with E-state index in [1.807, 2.05) is 12.1 Å². The fourth-order valence-corrected chi connectivity index (χ4v) is 2.07. The van der Waals surface area contributed by atoms with E-state index < -0.39 is 5.82 Å². The number of carbonyl (C=O) groups is 1. The van der Waals surface area contributed by atoms with Gasteiger partial charge in [-0.05, 0) is 36.4 Å². The topological polar surface area (TPSA) is 64.9 Å². The first-order chi connectivity index (χ1) is 10.1. The first kappa shape index (κ1) is 15.0. The zero-order chi connectivity index (χ0) is 15.2. The molecule has 21 heavy (non-hydrogen) atoms. The summed E-state index contributed by atoms with van der Waals surface area (Å²) < 4.78 is 14.5. The Morgan fingerprint density at radius 3 is 2.76 bits per heavy atom. The molecule has 0 unspecified atom stereocenters. The quantitative estimate of drug-likeness (QED) is 0.889. The Balaban J connectivity index is 1.94. The van der Waals surface area contributed by atoms with Gasteiger partial charge in [-0.25, -0.2) is 4.39 Å². The monoisotopic (exact) mass is 347 g/mol. The molecule has 4 nitrogen and oxygen atoms in total. The van der Waals surface area contributed by atoms with E-state index in [1.54, 1.807) is 18.2 Å². The van der Waals surface area contributed by atoms with Crippen LogP contribution < -0.4 is 10.6 Å². The fourth-order valence-electron chi connectivity index (χ4n) is 1.67. The van der Waals surface area contributed by atoms with Crippen LogP contribution in [0.25, 0.3) is 0 Å². The molecule has 2 aromatic carbocycles. The number of rotatable bonds is 4. The number of nitriles is 1. The third kappa shape index (κ3) is 4.29. The summed E-state index contributed by atoms with van der Waals surface area (Å²) in [6.45, 7) is -0.0741. The zero-order valence-corrected chi connectivity index (χ0v) is 12.4. The maximum atomic E-state index is 13.6. The van der Waals surface area contributed by atoms with E-state index in [1.165, 1.54) is 12.1 Å². The van der Waals surface area contributed by atoms with Gasteiger partial charge >= 0.3 is 0 Å². The van der Waals surface area contributed by atoms with Crippen LogP contribution in [-0.2, 0) is 4.79 Å². The number of halogens is 2. The van der Waals surface area contributed by atoms with Gasteiger partial charge in [0.15, 0.2) is 0 Å². The zero-order valence-electron chi connectivity index (χ0n) is 10.9. The first-order valence-corrected chi connectivity index (χ1v) is 6.87. The second kappa shape index (κ2) is 6.86. The molecule has 0 fully saturated rings. The summed E-state index contributed by atoms with van der Waals surface area (Å²) in [6.07, 6.45) is 0. The van der Waals surface area contributed by atoms with E-state index in [-0.39, 0.29) is 23.7 Å². The molecule has 0 bridgehead atoms. The lowest BCUT2D eigenvalue weighted by Crippen LogP contribution is -2.22. The molecule has 0 radical (unpaired) electrons.